The highest BCUT2D eigenvalue weighted by Gasteiger charge is 2.43. The molecule has 164 valence electrons. The lowest BCUT2D eigenvalue weighted by Gasteiger charge is -2.41. The summed E-state index contributed by atoms with van der Waals surface area (Å²) >= 11 is 0. The topological polar surface area (TPSA) is 58.6 Å². The molecule has 6 heteroatoms. The van der Waals surface area contributed by atoms with Gasteiger partial charge in [0.15, 0.2) is 0 Å². The van der Waals surface area contributed by atoms with Crippen LogP contribution in [0.5, 0.6) is 0 Å². The Morgan fingerprint density at radius 1 is 1.00 bits per heavy atom. The Labute approximate surface area is 186 Å². The predicted octanol–water partition coefficient (Wildman–Crippen LogP) is 4.07. The van der Waals surface area contributed by atoms with Gasteiger partial charge in [0.1, 0.15) is 5.82 Å². The van der Waals surface area contributed by atoms with Crippen LogP contribution in [-0.2, 0) is 16.1 Å². The average molecular weight is 432 g/mol. The number of halogens is 1. The van der Waals surface area contributed by atoms with Gasteiger partial charge in [-0.05, 0) is 23.3 Å². The summed E-state index contributed by atoms with van der Waals surface area (Å²) in [6.45, 7) is 0.763. The number of methoxy groups -OCH3 is 1. The molecular weight excluding hydrogens is 407 g/mol. The number of amides is 2. The Balaban J connectivity index is 1.74. The number of hydrogen-bond donors (Lipinski definition) is 1. The first-order valence-corrected chi connectivity index (χ1v) is 10.6. The van der Waals surface area contributed by atoms with E-state index in [0.29, 0.717) is 29.8 Å². The predicted molar refractivity (Wildman–Crippen MR) is 120 cm³/mol. The number of carbonyl (C=O) groups is 2. The van der Waals surface area contributed by atoms with E-state index in [-0.39, 0.29) is 24.2 Å². The molecule has 2 amide bonds. The van der Waals surface area contributed by atoms with Crippen molar-refractivity contribution in [3.63, 3.8) is 0 Å². The van der Waals surface area contributed by atoms with Crippen LogP contribution >= 0.6 is 0 Å². The van der Waals surface area contributed by atoms with E-state index in [1.54, 1.807) is 42.3 Å². The van der Waals surface area contributed by atoms with Crippen molar-refractivity contribution in [1.82, 2.24) is 10.2 Å². The van der Waals surface area contributed by atoms with Crippen molar-refractivity contribution in [3.8, 4) is 0 Å². The summed E-state index contributed by atoms with van der Waals surface area (Å²) < 4.78 is 19.3. The number of hydrogen-bond acceptors (Lipinski definition) is 3. The van der Waals surface area contributed by atoms with Gasteiger partial charge in [0, 0.05) is 31.3 Å². The molecule has 5 nitrogen and oxygen atoms in total. The minimum Gasteiger partial charge on any atom is -0.383 e. The zero-order chi connectivity index (χ0) is 22.5. The van der Waals surface area contributed by atoms with Crippen LogP contribution in [0.3, 0.4) is 0 Å². The highest BCUT2D eigenvalue weighted by atomic mass is 19.1. The van der Waals surface area contributed by atoms with E-state index < -0.39 is 12.0 Å². The lowest BCUT2D eigenvalue weighted by Crippen LogP contribution is -2.48. The Bertz CT molecular complexity index is 1100. The minimum atomic E-state index is -0.644. The van der Waals surface area contributed by atoms with Crippen molar-refractivity contribution in [2.75, 3.05) is 20.3 Å². The van der Waals surface area contributed by atoms with E-state index in [9.17, 15) is 14.0 Å². The van der Waals surface area contributed by atoms with E-state index in [0.717, 1.165) is 5.56 Å². The van der Waals surface area contributed by atoms with Crippen molar-refractivity contribution in [3.05, 3.63) is 107 Å². The minimum absolute atomic E-state index is 0.0672. The average Bonchev–Trinajstić information content (AvgIpc) is 2.83. The second kappa shape index (κ2) is 9.75. The van der Waals surface area contributed by atoms with Crippen molar-refractivity contribution in [1.29, 1.82) is 0 Å². The fraction of sp³-hybridized carbons (Fsp3) is 0.231. The smallest absolute Gasteiger partial charge is 0.254 e. The molecule has 1 heterocycles. The number of rotatable bonds is 7. The Morgan fingerprint density at radius 3 is 2.44 bits per heavy atom. The first-order chi connectivity index (χ1) is 15.6. The summed E-state index contributed by atoms with van der Waals surface area (Å²) in [5.74, 6) is -1.41. The molecule has 0 saturated heterocycles. The molecule has 0 bridgehead atoms. The lowest BCUT2D eigenvalue weighted by molar-refractivity contribution is -0.124. The third-order valence-corrected chi connectivity index (χ3v) is 5.81. The molecule has 1 aliphatic heterocycles. The summed E-state index contributed by atoms with van der Waals surface area (Å²) in [5.41, 5.74) is 2.44. The fourth-order valence-electron chi connectivity index (χ4n) is 4.27. The van der Waals surface area contributed by atoms with E-state index in [1.807, 2.05) is 42.5 Å². The molecule has 3 aromatic carbocycles. The summed E-state index contributed by atoms with van der Waals surface area (Å²) in [6, 6.07) is 22.6. The van der Waals surface area contributed by atoms with Crippen LogP contribution in [0.25, 0.3) is 0 Å². The van der Waals surface area contributed by atoms with Gasteiger partial charge in [-0.25, -0.2) is 4.39 Å². The normalized spacial score (nSPS) is 17.7. The van der Waals surface area contributed by atoms with E-state index in [1.165, 1.54) is 6.07 Å². The van der Waals surface area contributed by atoms with Crippen LogP contribution in [0, 0.1) is 5.82 Å². The van der Waals surface area contributed by atoms with Gasteiger partial charge in [-0.2, -0.15) is 0 Å². The molecule has 0 radical (unpaired) electrons. The molecule has 0 aliphatic carbocycles. The van der Waals surface area contributed by atoms with Gasteiger partial charge < -0.3 is 15.0 Å². The van der Waals surface area contributed by atoms with Crippen molar-refractivity contribution in [2.24, 2.45) is 0 Å². The standard InChI is InChI=1S/C26H25FN2O3/c1-32-16-15-29-24(18-9-3-2-4-10-18)23(20-12-6-7-13-21(20)26(29)31)25(30)28-17-19-11-5-8-14-22(19)27/h2-14,23-24H,15-17H2,1H3,(H,28,30)/t23-,24+/m1/s1. The highest BCUT2D eigenvalue weighted by Crippen LogP contribution is 2.42. The quantitative estimate of drug-likeness (QED) is 0.612. The van der Waals surface area contributed by atoms with E-state index in [2.05, 4.69) is 5.32 Å². The van der Waals surface area contributed by atoms with Crippen LogP contribution in [0.1, 0.15) is 39.0 Å². The molecule has 0 unspecified atom stereocenters. The fourth-order valence-corrected chi connectivity index (χ4v) is 4.27. The molecule has 3 aromatic rings. The van der Waals surface area contributed by atoms with Crippen LogP contribution in [0.2, 0.25) is 0 Å². The number of nitrogens with zero attached hydrogens (tertiary/aromatic N) is 1. The molecule has 4 rings (SSSR count). The lowest BCUT2D eigenvalue weighted by atomic mass is 9.79. The van der Waals surface area contributed by atoms with E-state index >= 15 is 0 Å². The Kier molecular flexibility index (Phi) is 6.61. The molecule has 0 aromatic heterocycles. The molecule has 2 atom stereocenters. The largest absolute Gasteiger partial charge is 0.383 e. The third-order valence-electron chi connectivity index (χ3n) is 5.81. The van der Waals surface area contributed by atoms with Gasteiger partial charge in [0.25, 0.3) is 5.91 Å². The molecule has 0 saturated carbocycles. The second-order valence-corrected chi connectivity index (χ2v) is 7.72. The number of carbonyl (C=O) groups excluding carboxylic acids is 2. The number of fused-ring (bicyclic) bond motifs is 1. The summed E-state index contributed by atoms with van der Waals surface area (Å²) in [6.07, 6.45) is 0. The number of benzene rings is 3. The molecule has 1 N–H and O–H groups in total. The van der Waals surface area contributed by atoms with Crippen molar-refractivity contribution < 1.29 is 18.7 Å². The van der Waals surface area contributed by atoms with Gasteiger partial charge in [0.05, 0.1) is 18.6 Å². The van der Waals surface area contributed by atoms with Gasteiger partial charge in [-0.3, -0.25) is 9.59 Å². The Morgan fingerprint density at radius 2 is 1.69 bits per heavy atom. The zero-order valence-corrected chi connectivity index (χ0v) is 17.8. The summed E-state index contributed by atoms with van der Waals surface area (Å²) in [5, 5.41) is 2.89. The van der Waals surface area contributed by atoms with Gasteiger partial charge >= 0.3 is 0 Å². The second-order valence-electron chi connectivity index (χ2n) is 7.72. The van der Waals surface area contributed by atoms with E-state index in [4.69, 9.17) is 4.74 Å². The molecule has 32 heavy (non-hydrogen) atoms. The summed E-state index contributed by atoms with van der Waals surface area (Å²) in [4.78, 5) is 28.6. The maximum Gasteiger partial charge on any atom is 0.254 e. The van der Waals surface area contributed by atoms with Gasteiger partial charge in [-0.1, -0.05) is 66.7 Å². The molecular formula is C26H25FN2O3. The van der Waals surface area contributed by atoms with Gasteiger partial charge in [0.2, 0.25) is 5.91 Å². The first-order valence-electron chi connectivity index (χ1n) is 10.6. The number of nitrogens with one attached hydrogen (secondary N) is 1. The molecule has 1 aliphatic rings. The highest BCUT2D eigenvalue weighted by molar-refractivity contribution is 6.01. The van der Waals surface area contributed by atoms with Crippen LogP contribution in [0.15, 0.2) is 78.9 Å². The van der Waals surface area contributed by atoms with Crippen molar-refractivity contribution >= 4 is 11.8 Å². The maximum absolute atomic E-state index is 14.1. The maximum atomic E-state index is 14.1. The SMILES string of the molecule is COCCN1C(=O)c2ccccc2[C@@H](C(=O)NCc2ccccc2F)[C@@H]1c1ccccc1. The van der Waals surface area contributed by atoms with Crippen LogP contribution < -0.4 is 5.32 Å². The summed E-state index contributed by atoms with van der Waals surface area (Å²) in [7, 11) is 1.58. The number of ether oxygens (including phenoxy) is 1. The molecule has 0 fully saturated rings. The van der Waals surface area contributed by atoms with Gasteiger partial charge in [-0.15, -0.1) is 0 Å². The molecule has 0 spiro atoms. The third kappa shape index (κ3) is 4.27. The van der Waals surface area contributed by atoms with Crippen LogP contribution in [0.4, 0.5) is 4.39 Å². The monoisotopic (exact) mass is 432 g/mol. The van der Waals surface area contributed by atoms with Crippen molar-refractivity contribution in [2.45, 2.75) is 18.5 Å². The Hall–Kier alpha value is -3.51. The first kappa shape index (κ1) is 21.7. The van der Waals surface area contributed by atoms with Crippen LogP contribution in [-0.4, -0.2) is 37.0 Å². The zero-order valence-electron chi connectivity index (χ0n) is 17.8.